The van der Waals surface area contributed by atoms with E-state index in [-0.39, 0.29) is 37.9 Å². The lowest BCUT2D eigenvalue weighted by atomic mass is 9.72. The third-order valence-electron chi connectivity index (χ3n) is 7.66. The van der Waals surface area contributed by atoms with Gasteiger partial charge in [0.05, 0.1) is 15.1 Å². The van der Waals surface area contributed by atoms with E-state index in [0.717, 1.165) is 59.4 Å². The second-order valence-corrected chi connectivity index (χ2v) is 10.9. The first kappa shape index (κ1) is 23.5. The van der Waals surface area contributed by atoms with Crippen LogP contribution in [0.1, 0.15) is 46.0 Å². The van der Waals surface area contributed by atoms with E-state index < -0.39 is 11.6 Å². The van der Waals surface area contributed by atoms with Crippen molar-refractivity contribution in [3.63, 3.8) is 0 Å². The van der Waals surface area contributed by atoms with Crippen molar-refractivity contribution in [2.24, 2.45) is 0 Å². The molecule has 0 saturated heterocycles. The van der Waals surface area contributed by atoms with Gasteiger partial charge in [0, 0.05) is 36.9 Å². The Morgan fingerprint density at radius 3 is 2.61 bits per heavy atom. The minimum absolute atomic E-state index is 0.00246. The highest BCUT2D eigenvalue weighted by Gasteiger charge is 2.42. The van der Waals surface area contributed by atoms with Gasteiger partial charge in [-0.3, -0.25) is 9.78 Å². The number of hydrogen-bond donors (Lipinski definition) is 1. The van der Waals surface area contributed by atoms with Crippen LogP contribution in [0, 0.1) is 11.6 Å². The summed E-state index contributed by atoms with van der Waals surface area (Å²) in [6.07, 6.45) is 6.24. The maximum Gasteiger partial charge on any atom is 0.266 e. The van der Waals surface area contributed by atoms with Crippen molar-refractivity contribution in [2.45, 2.75) is 43.8 Å². The molecule has 1 fully saturated rings. The first-order chi connectivity index (χ1) is 17.5. The molecule has 3 heterocycles. The number of nitrogens with zero attached hydrogens (tertiary/aromatic N) is 2. The molecule has 1 aliphatic heterocycles. The Morgan fingerprint density at radius 1 is 1.08 bits per heavy atom. The minimum atomic E-state index is -0.620. The molecule has 1 unspecified atom stereocenters. The highest BCUT2D eigenvalue weighted by atomic mass is 35.5. The number of benzene rings is 2. The molecule has 1 amide bonds. The fourth-order valence-electron chi connectivity index (χ4n) is 5.84. The molecule has 2 aromatic heterocycles. The molecule has 36 heavy (non-hydrogen) atoms. The zero-order valence-corrected chi connectivity index (χ0v) is 21.2. The van der Waals surface area contributed by atoms with E-state index in [0.29, 0.717) is 12.6 Å². The van der Waals surface area contributed by atoms with E-state index >= 15 is 0 Å². The molecule has 1 aliphatic carbocycles. The van der Waals surface area contributed by atoms with Crippen LogP contribution in [0.15, 0.2) is 54.9 Å². The number of nitrogens with one attached hydrogen (secondary N) is 1. The Bertz CT molecular complexity index is 1470. The van der Waals surface area contributed by atoms with E-state index in [1.54, 1.807) is 12.4 Å². The summed E-state index contributed by atoms with van der Waals surface area (Å²) in [5, 5.41) is 3.39. The van der Waals surface area contributed by atoms with Crippen molar-refractivity contribution in [1.82, 2.24) is 15.2 Å². The number of thiophene rings is 1. The Kier molecular flexibility index (Phi) is 6.02. The number of amides is 1. The van der Waals surface area contributed by atoms with Gasteiger partial charge in [-0.2, -0.15) is 0 Å². The van der Waals surface area contributed by atoms with Crippen molar-refractivity contribution in [2.75, 3.05) is 7.05 Å². The van der Waals surface area contributed by atoms with Gasteiger partial charge in [0.2, 0.25) is 0 Å². The van der Waals surface area contributed by atoms with Crippen LogP contribution < -0.4 is 5.32 Å². The maximum atomic E-state index is 14.5. The van der Waals surface area contributed by atoms with Crippen LogP contribution in [0.2, 0.25) is 5.02 Å². The minimum Gasteiger partial charge on any atom is -0.330 e. The largest absolute Gasteiger partial charge is 0.330 e. The third-order valence-corrected chi connectivity index (χ3v) is 9.33. The summed E-state index contributed by atoms with van der Waals surface area (Å²) >= 11 is 7.45. The van der Waals surface area contributed by atoms with E-state index in [9.17, 15) is 13.6 Å². The molecule has 8 heteroatoms. The summed E-state index contributed by atoms with van der Waals surface area (Å²) in [4.78, 5) is 20.1. The molecule has 1 N–H and O–H groups in total. The van der Waals surface area contributed by atoms with Crippen molar-refractivity contribution >= 4 is 38.9 Å². The van der Waals surface area contributed by atoms with Gasteiger partial charge in [-0.1, -0.05) is 23.7 Å². The van der Waals surface area contributed by atoms with Crippen LogP contribution in [0.5, 0.6) is 0 Å². The summed E-state index contributed by atoms with van der Waals surface area (Å²) in [7, 11) is 1.98. The number of carbonyl (C=O) groups is 1. The monoisotopic (exact) mass is 523 g/mol. The predicted molar refractivity (Wildman–Crippen MR) is 140 cm³/mol. The Hall–Kier alpha value is -2.87. The van der Waals surface area contributed by atoms with E-state index in [1.807, 2.05) is 24.1 Å². The lowest BCUT2D eigenvalue weighted by Gasteiger charge is -2.47. The van der Waals surface area contributed by atoms with Crippen molar-refractivity contribution in [3.8, 4) is 11.1 Å². The molecule has 0 spiro atoms. The lowest BCUT2D eigenvalue weighted by molar-refractivity contribution is 0.0528. The molecule has 2 aromatic carbocycles. The fraction of sp³-hybridized carbons (Fsp3) is 0.286. The molecule has 1 saturated carbocycles. The summed E-state index contributed by atoms with van der Waals surface area (Å²) in [5.41, 5.74) is 4.47. The molecule has 3 atom stereocenters. The summed E-state index contributed by atoms with van der Waals surface area (Å²) in [6.45, 7) is 0.425. The lowest BCUT2D eigenvalue weighted by Crippen LogP contribution is -2.51. The van der Waals surface area contributed by atoms with Gasteiger partial charge in [0.15, 0.2) is 0 Å². The third kappa shape index (κ3) is 3.81. The normalized spacial score (nSPS) is 21.3. The second kappa shape index (κ2) is 9.21. The first-order valence-electron chi connectivity index (χ1n) is 12.0. The van der Waals surface area contributed by atoms with Crippen LogP contribution in [-0.2, 0) is 6.54 Å². The highest BCUT2D eigenvalue weighted by Crippen LogP contribution is 2.46. The zero-order valence-electron chi connectivity index (χ0n) is 19.6. The highest BCUT2D eigenvalue weighted by molar-refractivity contribution is 7.21. The molecule has 4 nitrogen and oxygen atoms in total. The summed E-state index contributed by atoms with van der Waals surface area (Å²) < 4.78 is 29.1. The summed E-state index contributed by atoms with van der Waals surface area (Å²) in [6, 6.07) is 12.9. The molecule has 2 aliphatic rings. The standard InChI is InChI=1S/C28H24ClF2N3OS/c1-32-18-3-7-23-20(13-18)19-4-2-16(15-8-10-33-11-9-15)12-17(19)14-34(23)28(35)27-25(29)24-21(30)5-6-22(31)26(24)36-27/h2,4-6,8-12,18,20,23,32H,3,7,13-14H2,1H3/t18-,20?,23+/m1/s1. The van der Waals surface area contributed by atoms with Crippen molar-refractivity contribution in [1.29, 1.82) is 0 Å². The molecular weight excluding hydrogens is 500 g/mol. The number of rotatable bonds is 3. The quantitative estimate of drug-likeness (QED) is 0.322. The van der Waals surface area contributed by atoms with Crippen LogP contribution in [-0.4, -0.2) is 34.9 Å². The zero-order chi connectivity index (χ0) is 25.0. The summed E-state index contributed by atoms with van der Waals surface area (Å²) in [5.74, 6) is -1.30. The SMILES string of the molecule is CN[C@@H]1CC[C@H]2C(C1)c1ccc(-c3ccncc3)cc1CN2C(=O)c1sc2c(F)ccc(F)c2c1Cl. The number of fused-ring (bicyclic) bond motifs is 4. The van der Waals surface area contributed by atoms with Gasteiger partial charge in [0.1, 0.15) is 16.5 Å². The Labute approximate surface area is 216 Å². The maximum absolute atomic E-state index is 14.5. The van der Waals surface area contributed by atoms with Crippen LogP contribution in [0.4, 0.5) is 8.78 Å². The molecule has 0 bridgehead atoms. The average Bonchev–Trinajstić information content (AvgIpc) is 3.28. The van der Waals surface area contributed by atoms with Gasteiger partial charge in [-0.05, 0) is 78.9 Å². The van der Waals surface area contributed by atoms with Crippen LogP contribution in [0.25, 0.3) is 21.2 Å². The van der Waals surface area contributed by atoms with Gasteiger partial charge in [-0.25, -0.2) is 8.78 Å². The Balaban J connectivity index is 1.44. The van der Waals surface area contributed by atoms with Gasteiger partial charge >= 0.3 is 0 Å². The van der Waals surface area contributed by atoms with Crippen molar-refractivity contribution < 1.29 is 13.6 Å². The van der Waals surface area contributed by atoms with Gasteiger partial charge < -0.3 is 10.2 Å². The number of aromatic nitrogens is 1. The smallest absolute Gasteiger partial charge is 0.266 e. The average molecular weight is 524 g/mol. The first-order valence-corrected chi connectivity index (χ1v) is 13.2. The number of pyridine rings is 1. The predicted octanol–water partition coefficient (Wildman–Crippen LogP) is 6.78. The molecule has 0 radical (unpaired) electrons. The molecular formula is C28H24ClF2N3OS. The fourth-order valence-corrected chi connectivity index (χ4v) is 7.35. The van der Waals surface area contributed by atoms with Crippen LogP contribution >= 0.6 is 22.9 Å². The molecule has 184 valence electrons. The van der Waals surface area contributed by atoms with Crippen molar-refractivity contribution in [3.05, 3.63) is 87.5 Å². The van der Waals surface area contributed by atoms with Crippen LogP contribution in [0.3, 0.4) is 0 Å². The van der Waals surface area contributed by atoms with E-state index in [4.69, 9.17) is 11.6 Å². The number of hydrogen-bond acceptors (Lipinski definition) is 4. The number of carbonyl (C=O) groups excluding carboxylic acids is 1. The van der Waals surface area contributed by atoms with E-state index in [1.165, 1.54) is 5.56 Å². The second-order valence-electron chi connectivity index (χ2n) is 9.53. The van der Waals surface area contributed by atoms with E-state index in [2.05, 4.69) is 28.5 Å². The molecule has 4 aromatic rings. The Morgan fingerprint density at radius 2 is 1.86 bits per heavy atom. The molecule has 6 rings (SSSR count). The topological polar surface area (TPSA) is 45.2 Å². The number of halogens is 3. The van der Waals surface area contributed by atoms with Gasteiger partial charge in [-0.15, -0.1) is 11.3 Å². The van der Waals surface area contributed by atoms with Gasteiger partial charge in [0.25, 0.3) is 5.91 Å².